The molecule has 4 heteroatoms. The van der Waals surface area contributed by atoms with Crippen molar-refractivity contribution in [2.75, 3.05) is 20.2 Å². The third-order valence-electron chi connectivity index (χ3n) is 2.70. The Bertz CT molecular complexity index is 393. The number of halogens is 1. The van der Waals surface area contributed by atoms with Gasteiger partial charge in [0, 0.05) is 6.42 Å². The van der Waals surface area contributed by atoms with Gasteiger partial charge in [0.1, 0.15) is 17.3 Å². The fourth-order valence-electron chi connectivity index (χ4n) is 1.75. The van der Waals surface area contributed by atoms with E-state index in [4.69, 9.17) is 4.74 Å². The average molecular weight is 253 g/mol. The third kappa shape index (κ3) is 5.27. The number of hydrogen-bond acceptors (Lipinski definition) is 3. The Morgan fingerprint density at radius 3 is 2.83 bits per heavy atom. The van der Waals surface area contributed by atoms with Gasteiger partial charge in [-0.05, 0) is 56.6 Å². The zero-order chi connectivity index (χ0) is 13.4. The summed E-state index contributed by atoms with van der Waals surface area (Å²) in [4.78, 5) is 10.7. The van der Waals surface area contributed by atoms with E-state index in [0.29, 0.717) is 18.6 Å². The van der Waals surface area contributed by atoms with Gasteiger partial charge in [-0.25, -0.2) is 4.39 Å². The van der Waals surface area contributed by atoms with Crippen LogP contribution in [0.15, 0.2) is 18.2 Å². The number of methoxy groups -OCH3 is 1. The van der Waals surface area contributed by atoms with Crippen LogP contribution >= 0.6 is 0 Å². The zero-order valence-electron chi connectivity index (χ0n) is 11.0. The minimum absolute atomic E-state index is 0.212. The van der Waals surface area contributed by atoms with Gasteiger partial charge >= 0.3 is 0 Å². The molecule has 0 heterocycles. The van der Waals surface area contributed by atoms with Gasteiger partial charge in [-0.3, -0.25) is 0 Å². The first kappa shape index (κ1) is 14.6. The highest BCUT2D eigenvalue weighted by atomic mass is 19.1. The van der Waals surface area contributed by atoms with Crippen LogP contribution in [-0.2, 0) is 11.2 Å². The monoisotopic (exact) mass is 253 g/mol. The van der Waals surface area contributed by atoms with E-state index in [0.717, 1.165) is 25.1 Å². The van der Waals surface area contributed by atoms with E-state index in [1.54, 1.807) is 20.1 Å². The minimum Gasteiger partial charge on any atom is -0.496 e. The SMILES string of the molecule is COc1ccc(F)cc1CCNCCCC(C)=O. The van der Waals surface area contributed by atoms with Gasteiger partial charge in [-0.15, -0.1) is 0 Å². The molecule has 0 fully saturated rings. The van der Waals surface area contributed by atoms with Crippen LogP contribution in [0, 0.1) is 5.82 Å². The molecule has 0 radical (unpaired) electrons. The number of Topliss-reactive ketones (excluding diaryl/α,β-unsaturated/α-hetero) is 1. The lowest BCUT2D eigenvalue weighted by Crippen LogP contribution is -2.19. The first-order valence-electron chi connectivity index (χ1n) is 6.16. The molecule has 0 unspecified atom stereocenters. The first-order chi connectivity index (χ1) is 8.63. The smallest absolute Gasteiger partial charge is 0.129 e. The number of rotatable bonds is 8. The van der Waals surface area contributed by atoms with Crippen molar-refractivity contribution >= 4 is 5.78 Å². The van der Waals surface area contributed by atoms with Gasteiger partial charge in [0.25, 0.3) is 0 Å². The second-order valence-electron chi connectivity index (χ2n) is 4.26. The van der Waals surface area contributed by atoms with Crippen molar-refractivity contribution in [2.45, 2.75) is 26.2 Å². The average Bonchev–Trinajstić information content (AvgIpc) is 2.33. The Morgan fingerprint density at radius 2 is 2.17 bits per heavy atom. The Kier molecular flexibility index (Phi) is 6.36. The molecule has 0 aromatic heterocycles. The quantitative estimate of drug-likeness (QED) is 0.723. The largest absolute Gasteiger partial charge is 0.496 e. The molecule has 1 N–H and O–H groups in total. The van der Waals surface area contributed by atoms with Gasteiger partial charge in [-0.1, -0.05) is 0 Å². The number of nitrogens with one attached hydrogen (secondary N) is 1. The molecule has 0 atom stereocenters. The number of benzene rings is 1. The molecular formula is C14H20FNO2. The molecule has 0 aliphatic rings. The number of ether oxygens (including phenoxy) is 1. The summed E-state index contributed by atoms with van der Waals surface area (Å²) in [5.41, 5.74) is 0.858. The van der Waals surface area contributed by atoms with Crippen LogP contribution in [0.1, 0.15) is 25.3 Å². The molecule has 1 aromatic carbocycles. The fraction of sp³-hybridized carbons (Fsp3) is 0.500. The van der Waals surface area contributed by atoms with Crippen LogP contribution < -0.4 is 10.1 Å². The van der Waals surface area contributed by atoms with Crippen LogP contribution in [0.4, 0.5) is 4.39 Å². The molecule has 0 amide bonds. The molecule has 0 spiro atoms. The van der Waals surface area contributed by atoms with E-state index in [1.807, 2.05) is 0 Å². The van der Waals surface area contributed by atoms with Gasteiger partial charge in [0.05, 0.1) is 7.11 Å². The Hall–Kier alpha value is -1.42. The van der Waals surface area contributed by atoms with Crippen LogP contribution in [0.3, 0.4) is 0 Å². The molecule has 0 aliphatic carbocycles. The van der Waals surface area contributed by atoms with E-state index >= 15 is 0 Å². The zero-order valence-corrected chi connectivity index (χ0v) is 11.0. The summed E-state index contributed by atoms with van der Waals surface area (Å²) < 4.78 is 18.3. The van der Waals surface area contributed by atoms with Crippen molar-refractivity contribution in [3.05, 3.63) is 29.6 Å². The molecular weight excluding hydrogens is 233 g/mol. The van der Waals surface area contributed by atoms with Crippen molar-refractivity contribution in [1.29, 1.82) is 0 Å². The van der Waals surface area contributed by atoms with Crippen LogP contribution in [0.2, 0.25) is 0 Å². The summed E-state index contributed by atoms with van der Waals surface area (Å²) in [5.74, 6) is 0.674. The summed E-state index contributed by atoms with van der Waals surface area (Å²) in [6, 6.07) is 4.53. The molecule has 0 bridgehead atoms. The summed E-state index contributed by atoms with van der Waals surface area (Å²) in [6.07, 6.45) is 2.16. The molecule has 3 nitrogen and oxygen atoms in total. The van der Waals surface area contributed by atoms with Crippen LogP contribution in [0.25, 0.3) is 0 Å². The van der Waals surface area contributed by atoms with Gasteiger partial charge < -0.3 is 14.8 Å². The second kappa shape index (κ2) is 7.82. The molecule has 0 aliphatic heterocycles. The number of carbonyl (C=O) groups is 1. The highest BCUT2D eigenvalue weighted by Gasteiger charge is 2.04. The van der Waals surface area contributed by atoms with E-state index in [2.05, 4.69) is 5.32 Å². The molecule has 100 valence electrons. The lowest BCUT2D eigenvalue weighted by atomic mass is 10.1. The molecule has 18 heavy (non-hydrogen) atoms. The van der Waals surface area contributed by atoms with E-state index in [1.165, 1.54) is 12.1 Å². The molecule has 1 aromatic rings. The Labute approximate surface area is 107 Å². The Balaban J connectivity index is 2.30. The standard InChI is InChI=1S/C14H20FNO2/c1-11(17)4-3-8-16-9-7-12-10-13(15)5-6-14(12)18-2/h5-6,10,16H,3-4,7-9H2,1-2H3. The van der Waals surface area contributed by atoms with Crippen molar-refractivity contribution in [3.63, 3.8) is 0 Å². The van der Waals surface area contributed by atoms with Crippen LogP contribution in [-0.4, -0.2) is 26.0 Å². The number of carbonyl (C=O) groups excluding carboxylic acids is 1. The number of hydrogen-bond donors (Lipinski definition) is 1. The highest BCUT2D eigenvalue weighted by Crippen LogP contribution is 2.19. The van der Waals surface area contributed by atoms with E-state index < -0.39 is 0 Å². The molecule has 1 rings (SSSR count). The summed E-state index contributed by atoms with van der Waals surface area (Å²) in [7, 11) is 1.58. The summed E-state index contributed by atoms with van der Waals surface area (Å²) in [5, 5.41) is 3.23. The molecule has 0 saturated carbocycles. The summed E-state index contributed by atoms with van der Waals surface area (Å²) >= 11 is 0. The third-order valence-corrected chi connectivity index (χ3v) is 2.70. The normalized spacial score (nSPS) is 10.4. The Morgan fingerprint density at radius 1 is 1.39 bits per heavy atom. The minimum atomic E-state index is -0.248. The topological polar surface area (TPSA) is 38.3 Å². The second-order valence-corrected chi connectivity index (χ2v) is 4.26. The predicted molar refractivity (Wildman–Crippen MR) is 69.4 cm³/mol. The molecule has 0 saturated heterocycles. The lowest BCUT2D eigenvalue weighted by molar-refractivity contribution is -0.117. The van der Waals surface area contributed by atoms with Crippen molar-refractivity contribution < 1.29 is 13.9 Å². The van der Waals surface area contributed by atoms with Crippen molar-refractivity contribution in [2.24, 2.45) is 0 Å². The fourth-order valence-corrected chi connectivity index (χ4v) is 1.75. The number of ketones is 1. The highest BCUT2D eigenvalue weighted by molar-refractivity contribution is 5.75. The lowest BCUT2D eigenvalue weighted by Gasteiger charge is -2.09. The predicted octanol–water partition coefficient (Wildman–Crippen LogP) is 2.34. The van der Waals surface area contributed by atoms with Crippen molar-refractivity contribution in [3.8, 4) is 5.75 Å². The maximum atomic E-state index is 13.1. The van der Waals surface area contributed by atoms with Gasteiger partial charge in [0.15, 0.2) is 0 Å². The van der Waals surface area contributed by atoms with E-state index in [-0.39, 0.29) is 11.6 Å². The van der Waals surface area contributed by atoms with Crippen LogP contribution in [0.5, 0.6) is 5.75 Å². The summed E-state index contributed by atoms with van der Waals surface area (Å²) in [6.45, 7) is 3.15. The maximum Gasteiger partial charge on any atom is 0.129 e. The first-order valence-corrected chi connectivity index (χ1v) is 6.16. The van der Waals surface area contributed by atoms with Gasteiger partial charge in [-0.2, -0.15) is 0 Å². The van der Waals surface area contributed by atoms with E-state index in [9.17, 15) is 9.18 Å². The van der Waals surface area contributed by atoms with Gasteiger partial charge in [0.2, 0.25) is 0 Å². The van der Waals surface area contributed by atoms with Crippen molar-refractivity contribution in [1.82, 2.24) is 5.32 Å². The maximum absolute atomic E-state index is 13.1.